The van der Waals surface area contributed by atoms with Crippen molar-refractivity contribution >= 4 is 15.9 Å². The SMILES string of the molecule is N#Cc1ccccc1S(=O)(=O)NCCC(N)=O. The molecule has 0 aromatic heterocycles. The zero-order valence-electron chi connectivity index (χ0n) is 8.88. The average Bonchev–Trinajstić information content (AvgIpc) is 2.28. The summed E-state index contributed by atoms with van der Waals surface area (Å²) in [5.74, 6) is -0.596. The minimum atomic E-state index is -3.78. The highest BCUT2D eigenvalue weighted by molar-refractivity contribution is 7.89. The molecule has 0 saturated heterocycles. The highest BCUT2D eigenvalue weighted by Crippen LogP contribution is 2.13. The zero-order valence-corrected chi connectivity index (χ0v) is 9.70. The first kappa shape index (κ1) is 13.2. The number of nitrogens with two attached hydrogens (primary N) is 1. The molecular formula is C10H11N3O3S. The minimum absolute atomic E-state index is 0.0547. The van der Waals surface area contributed by atoms with Crippen LogP contribution in [-0.2, 0) is 14.8 Å². The van der Waals surface area contributed by atoms with Crippen LogP contribution in [0.1, 0.15) is 12.0 Å². The fraction of sp³-hybridized carbons (Fsp3) is 0.200. The van der Waals surface area contributed by atoms with Gasteiger partial charge in [0.15, 0.2) is 0 Å². The van der Waals surface area contributed by atoms with Crippen LogP contribution in [-0.4, -0.2) is 20.9 Å². The van der Waals surface area contributed by atoms with Crippen LogP contribution in [0.2, 0.25) is 0 Å². The van der Waals surface area contributed by atoms with E-state index >= 15 is 0 Å². The molecule has 90 valence electrons. The molecule has 0 aliphatic carbocycles. The Balaban J connectivity index is 2.91. The summed E-state index contributed by atoms with van der Waals surface area (Å²) in [6.45, 7) is -0.0859. The lowest BCUT2D eigenvalue weighted by Crippen LogP contribution is -2.28. The van der Waals surface area contributed by atoms with Crippen LogP contribution >= 0.6 is 0 Å². The van der Waals surface area contributed by atoms with Crippen molar-refractivity contribution in [2.24, 2.45) is 5.73 Å². The maximum Gasteiger partial charge on any atom is 0.241 e. The van der Waals surface area contributed by atoms with Crippen LogP contribution in [0.25, 0.3) is 0 Å². The number of rotatable bonds is 5. The molecule has 0 bridgehead atoms. The van der Waals surface area contributed by atoms with Gasteiger partial charge in [0.25, 0.3) is 0 Å². The second-order valence-corrected chi connectivity index (χ2v) is 4.96. The monoisotopic (exact) mass is 253 g/mol. The standard InChI is InChI=1S/C10H11N3O3S/c11-7-8-3-1-2-4-9(8)17(15,16)13-6-5-10(12)14/h1-4,13H,5-6H2,(H2,12,14). The molecule has 0 fully saturated rings. The second kappa shape index (κ2) is 5.43. The molecule has 1 amide bonds. The molecule has 0 unspecified atom stereocenters. The lowest BCUT2D eigenvalue weighted by atomic mass is 10.2. The lowest BCUT2D eigenvalue weighted by Gasteiger charge is -2.06. The number of nitrogens with one attached hydrogen (secondary N) is 1. The first-order valence-electron chi connectivity index (χ1n) is 4.74. The molecule has 3 N–H and O–H groups in total. The Bertz CT molecular complexity index is 560. The van der Waals surface area contributed by atoms with Gasteiger partial charge in [-0.15, -0.1) is 0 Å². The van der Waals surface area contributed by atoms with E-state index in [2.05, 4.69) is 4.72 Å². The summed E-state index contributed by atoms with van der Waals surface area (Å²) in [5, 5.41) is 8.78. The largest absolute Gasteiger partial charge is 0.370 e. The van der Waals surface area contributed by atoms with Gasteiger partial charge in [-0.1, -0.05) is 12.1 Å². The number of carbonyl (C=O) groups excluding carboxylic acids is 1. The summed E-state index contributed by atoms with van der Waals surface area (Å²) < 4.78 is 25.8. The third-order valence-electron chi connectivity index (χ3n) is 1.96. The van der Waals surface area contributed by atoms with Crippen molar-refractivity contribution in [1.82, 2.24) is 4.72 Å². The highest BCUT2D eigenvalue weighted by atomic mass is 32.2. The Kier molecular flexibility index (Phi) is 4.20. The van der Waals surface area contributed by atoms with Gasteiger partial charge in [-0.3, -0.25) is 4.79 Å². The van der Waals surface area contributed by atoms with Gasteiger partial charge < -0.3 is 5.73 Å². The molecule has 0 aliphatic rings. The summed E-state index contributed by atoms with van der Waals surface area (Å²) in [6, 6.07) is 7.61. The second-order valence-electron chi connectivity index (χ2n) is 3.22. The molecule has 17 heavy (non-hydrogen) atoms. The summed E-state index contributed by atoms with van der Waals surface area (Å²) in [6.07, 6.45) is -0.0893. The Morgan fingerprint density at radius 2 is 2.06 bits per heavy atom. The van der Waals surface area contributed by atoms with E-state index in [0.29, 0.717) is 0 Å². The number of carbonyl (C=O) groups is 1. The van der Waals surface area contributed by atoms with Gasteiger partial charge in [-0.05, 0) is 12.1 Å². The van der Waals surface area contributed by atoms with Crippen LogP contribution in [0, 0.1) is 11.3 Å². The van der Waals surface area contributed by atoms with Gasteiger partial charge in [-0.25, -0.2) is 13.1 Å². The maximum atomic E-state index is 11.8. The highest BCUT2D eigenvalue weighted by Gasteiger charge is 2.17. The Morgan fingerprint density at radius 3 is 2.65 bits per heavy atom. The van der Waals surface area contributed by atoms with E-state index in [-0.39, 0.29) is 23.4 Å². The van der Waals surface area contributed by atoms with E-state index in [1.54, 1.807) is 12.1 Å². The molecule has 0 spiro atoms. The van der Waals surface area contributed by atoms with Crippen molar-refractivity contribution in [2.75, 3.05) is 6.54 Å². The van der Waals surface area contributed by atoms with Crippen molar-refractivity contribution in [1.29, 1.82) is 5.26 Å². The van der Waals surface area contributed by atoms with E-state index in [9.17, 15) is 13.2 Å². The van der Waals surface area contributed by atoms with E-state index in [1.165, 1.54) is 18.2 Å². The number of nitrogens with zero attached hydrogens (tertiary/aromatic N) is 1. The number of benzene rings is 1. The average molecular weight is 253 g/mol. The number of primary amides is 1. The minimum Gasteiger partial charge on any atom is -0.370 e. The molecule has 1 rings (SSSR count). The first-order valence-corrected chi connectivity index (χ1v) is 6.23. The molecule has 0 heterocycles. The van der Waals surface area contributed by atoms with Gasteiger partial charge in [0, 0.05) is 13.0 Å². The predicted octanol–water partition coefficient (Wildman–Crippen LogP) is -0.288. The molecule has 0 radical (unpaired) electrons. The van der Waals surface area contributed by atoms with Crippen molar-refractivity contribution in [3.63, 3.8) is 0 Å². The Morgan fingerprint density at radius 1 is 1.41 bits per heavy atom. The summed E-state index contributed by atoms with van der Waals surface area (Å²) in [5.41, 5.74) is 4.95. The summed E-state index contributed by atoms with van der Waals surface area (Å²) in [4.78, 5) is 10.4. The molecule has 0 aliphatic heterocycles. The molecule has 1 aromatic carbocycles. The van der Waals surface area contributed by atoms with Gasteiger partial charge in [0.1, 0.15) is 6.07 Å². The fourth-order valence-electron chi connectivity index (χ4n) is 1.18. The third kappa shape index (κ3) is 3.55. The summed E-state index contributed by atoms with van der Waals surface area (Å²) >= 11 is 0. The zero-order chi connectivity index (χ0) is 12.9. The van der Waals surface area contributed by atoms with E-state index in [0.717, 1.165) is 0 Å². The van der Waals surface area contributed by atoms with Crippen LogP contribution in [0.3, 0.4) is 0 Å². The van der Waals surface area contributed by atoms with Crippen LogP contribution in [0.15, 0.2) is 29.2 Å². The van der Waals surface area contributed by atoms with E-state index in [1.807, 2.05) is 0 Å². The van der Waals surface area contributed by atoms with Gasteiger partial charge >= 0.3 is 0 Å². The normalized spacial score (nSPS) is 10.8. The number of nitriles is 1. The molecule has 6 nitrogen and oxygen atoms in total. The number of hydrogen-bond donors (Lipinski definition) is 2. The van der Waals surface area contributed by atoms with Gasteiger partial charge in [-0.2, -0.15) is 5.26 Å². The van der Waals surface area contributed by atoms with Crippen LogP contribution in [0.5, 0.6) is 0 Å². The smallest absolute Gasteiger partial charge is 0.241 e. The van der Waals surface area contributed by atoms with Crippen molar-refractivity contribution in [2.45, 2.75) is 11.3 Å². The van der Waals surface area contributed by atoms with E-state index < -0.39 is 15.9 Å². The fourth-order valence-corrected chi connectivity index (χ4v) is 2.37. The maximum absolute atomic E-state index is 11.8. The Labute approximate surface area is 99.1 Å². The van der Waals surface area contributed by atoms with Gasteiger partial charge in [0.2, 0.25) is 15.9 Å². The number of hydrogen-bond acceptors (Lipinski definition) is 4. The molecule has 0 atom stereocenters. The quantitative estimate of drug-likeness (QED) is 0.750. The van der Waals surface area contributed by atoms with Gasteiger partial charge in [0.05, 0.1) is 10.5 Å². The van der Waals surface area contributed by atoms with Crippen molar-refractivity contribution in [3.05, 3.63) is 29.8 Å². The number of sulfonamides is 1. The van der Waals surface area contributed by atoms with Crippen LogP contribution < -0.4 is 10.5 Å². The first-order chi connectivity index (χ1) is 7.97. The topological polar surface area (TPSA) is 113 Å². The van der Waals surface area contributed by atoms with Crippen LogP contribution in [0.4, 0.5) is 0 Å². The lowest BCUT2D eigenvalue weighted by molar-refractivity contribution is -0.117. The molecule has 7 heteroatoms. The van der Waals surface area contributed by atoms with Crippen molar-refractivity contribution < 1.29 is 13.2 Å². The third-order valence-corrected chi connectivity index (χ3v) is 3.48. The predicted molar refractivity (Wildman–Crippen MR) is 60.2 cm³/mol. The van der Waals surface area contributed by atoms with Crippen molar-refractivity contribution in [3.8, 4) is 6.07 Å². The number of amides is 1. The Hall–Kier alpha value is -1.91. The molecule has 1 aromatic rings. The molecular weight excluding hydrogens is 242 g/mol. The summed E-state index contributed by atoms with van der Waals surface area (Å²) in [7, 11) is -3.78. The molecule has 0 saturated carbocycles. The van der Waals surface area contributed by atoms with E-state index in [4.69, 9.17) is 11.0 Å².